The number of aryl methyl sites for hydroxylation is 1. The molecule has 1 aromatic rings. The van der Waals surface area contributed by atoms with Gasteiger partial charge in [-0.05, 0) is 27.2 Å². The van der Waals surface area contributed by atoms with E-state index in [0.717, 1.165) is 24.2 Å². The van der Waals surface area contributed by atoms with E-state index in [0.29, 0.717) is 6.04 Å². The van der Waals surface area contributed by atoms with E-state index in [4.69, 9.17) is 0 Å². The normalized spacial score (nSPS) is 15.3. The van der Waals surface area contributed by atoms with Gasteiger partial charge < -0.3 is 4.90 Å². The lowest BCUT2D eigenvalue weighted by Gasteiger charge is -2.25. The van der Waals surface area contributed by atoms with Crippen molar-refractivity contribution in [2.24, 2.45) is 0 Å². The average Bonchev–Trinajstić information content (AvgIpc) is 2.78. The van der Waals surface area contributed by atoms with E-state index in [2.05, 4.69) is 24.8 Å². The van der Waals surface area contributed by atoms with Crippen molar-refractivity contribution in [2.75, 3.05) is 6.54 Å². The summed E-state index contributed by atoms with van der Waals surface area (Å²) >= 11 is 0. The molecule has 2 heteroatoms. The van der Waals surface area contributed by atoms with Gasteiger partial charge >= 0.3 is 0 Å². The van der Waals surface area contributed by atoms with Crippen molar-refractivity contribution >= 4 is 5.78 Å². The topological polar surface area (TPSA) is 20.3 Å². The van der Waals surface area contributed by atoms with Gasteiger partial charge in [-0.1, -0.05) is 35.9 Å². The molecule has 0 spiro atoms. The highest BCUT2D eigenvalue weighted by molar-refractivity contribution is 6.08. The predicted octanol–water partition coefficient (Wildman–Crippen LogP) is 3.18. The molecule has 1 aliphatic heterocycles. The maximum absolute atomic E-state index is 12.4. The third-order valence-corrected chi connectivity index (χ3v) is 3.19. The smallest absolute Gasteiger partial charge is 0.208 e. The molecule has 0 bridgehead atoms. The van der Waals surface area contributed by atoms with Crippen LogP contribution in [-0.4, -0.2) is 23.3 Å². The lowest BCUT2D eigenvalue weighted by atomic mass is 10.1. The van der Waals surface area contributed by atoms with Gasteiger partial charge in [0.2, 0.25) is 5.78 Å². The fraction of sp³-hybridized carbons (Fsp3) is 0.400. The molecule has 90 valence electrons. The van der Waals surface area contributed by atoms with Crippen molar-refractivity contribution in [3.8, 4) is 0 Å². The van der Waals surface area contributed by atoms with Crippen LogP contribution in [0.15, 0.2) is 36.0 Å². The van der Waals surface area contributed by atoms with Crippen LogP contribution in [0.4, 0.5) is 0 Å². The number of allylic oxidation sites excluding steroid dienone is 1. The third kappa shape index (κ3) is 2.41. The molecule has 0 fully saturated rings. The standard InChI is InChI=1S/C15H19NO/c1-11(2)16-10-4-5-14(16)15(17)13-8-6-12(3)7-9-13/h5-9,11H,4,10H2,1-3H3. The Balaban J connectivity index is 2.23. The molecule has 0 N–H and O–H groups in total. The van der Waals surface area contributed by atoms with Crippen LogP contribution in [0.25, 0.3) is 0 Å². The summed E-state index contributed by atoms with van der Waals surface area (Å²) in [5.41, 5.74) is 2.83. The fourth-order valence-electron chi connectivity index (χ4n) is 2.19. The third-order valence-electron chi connectivity index (χ3n) is 3.19. The summed E-state index contributed by atoms with van der Waals surface area (Å²) in [5.74, 6) is 0.149. The van der Waals surface area contributed by atoms with E-state index in [1.807, 2.05) is 31.2 Å². The summed E-state index contributed by atoms with van der Waals surface area (Å²) in [6.45, 7) is 7.25. The Morgan fingerprint density at radius 2 is 1.88 bits per heavy atom. The minimum atomic E-state index is 0.149. The lowest BCUT2D eigenvalue weighted by molar-refractivity contribution is 0.0987. The first kappa shape index (κ1) is 11.9. The molecule has 0 unspecified atom stereocenters. The number of hydrogen-bond acceptors (Lipinski definition) is 2. The molecular formula is C15H19NO. The summed E-state index contributed by atoms with van der Waals surface area (Å²) in [6.07, 6.45) is 3.04. The highest BCUT2D eigenvalue weighted by Gasteiger charge is 2.24. The lowest BCUT2D eigenvalue weighted by Crippen LogP contribution is -2.30. The number of rotatable bonds is 3. The van der Waals surface area contributed by atoms with Gasteiger partial charge in [-0.15, -0.1) is 0 Å². The second-order valence-electron chi connectivity index (χ2n) is 4.86. The molecular weight excluding hydrogens is 210 g/mol. The van der Waals surface area contributed by atoms with E-state index in [9.17, 15) is 4.79 Å². The van der Waals surface area contributed by atoms with Crippen LogP contribution >= 0.6 is 0 Å². The average molecular weight is 229 g/mol. The van der Waals surface area contributed by atoms with Gasteiger partial charge in [-0.2, -0.15) is 0 Å². The van der Waals surface area contributed by atoms with E-state index < -0.39 is 0 Å². The molecule has 0 aliphatic carbocycles. The molecule has 0 saturated heterocycles. The van der Waals surface area contributed by atoms with Gasteiger partial charge in [-0.3, -0.25) is 4.79 Å². The zero-order valence-corrected chi connectivity index (χ0v) is 10.7. The molecule has 0 saturated carbocycles. The number of nitrogens with zero attached hydrogens (tertiary/aromatic N) is 1. The van der Waals surface area contributed by atoms with Crippen LogP contribution in [0.2, 0.25) is 0 Å². The van der Waals surface area contributed by atoms with Crippen LogP contribution in [0.1, 0.15) is 36.2 Å². The van der Waals surface area contributed by atoms with Crippen molar-refractivity contribution in [2.45, 2.75) is 33.2 Å². The monoisotopic (exact) mass is 229 g/mol. The molecule has 2 rings (SSSR count). The first-order valence-electron chi connectivity index (χ1n) is 6.18. The fourth-order valence-corrected chi connectivity index (χ4v) is 2.19. The summed E-state index contributed by atoms with van der Waals surface area (Å²) in [6, 6.07) is 8.19. The molecule has 0 amide bonds. The second kappa shape index (κ2) is 4.74. The molecule has 1 heterocycles. The largest absolute Gasteiger partial charge is 0.366 e. The van der Waals surface area contributed by atoms with Gasteiger partial charge in [0.1, 0.15) is 0 Å². The van der Waals surface area contributed by atoms with E-state index in [-0.39, 0.29) is 5.78 Å². The Morgan fingerprint density at radius 1 is 1.24 bits per heavy atom. The number of benzene rings is 1. The highest BCUT2D eigenvalue weighted by Crippen LogP contribution is 2.22. The SMILES string of the molecule is Cc1ccc(C(=O)C2=CCCN2C(C)C)cc1. The summed E-state index contributed by atoms with van der Waals surface area (Å²) < 4.78 is 0. The van der Waals surface area contributed by atoms with E-state index in [1.165, 1.54) is 5.56 Å². The minimum Gasteiger partial charge on any atom is -0.366 e. The summed E-state index contributed by atoms with van der Waals surface area (Å²) in [7, 11) is 0. The van der Waals surface area contributed by atoms with Crippen LogP contribution in [0.5, 0.6) is 0 Å². The molecule has 2 nitrogen and oxygen atoms in total. The Labute approximate surface area is 103 Å². The predicted molar refractivity (Wildman–Crippen MR) is 70.1 cm³/mol. The van der Waals surface area contributed by atoms with Crippen LogP contribution in [-0.2, 0) is 0 Å². The first-order chi connectivity index (χ1) is 8.09. The molecule has 1 aliphatic rings. The number of carbonyl (C=O) groups excluding carboxylic acids is 1. The minimum absolute atomic E-state index is 0.149. The number of ketones is 1. The molecule has 0 atom stereocenters. The molecule has 1 aromatic carbocycles. The summed E-state index contributed by atoms with van der Waals surface area (Å²) in [4.78, 5) is 14.5. The maximum atomic E-state index is 12.4. The van der Waals surface area contributed by atoms with Crippen molar-refractivity contribution in [1.82, 2.24) is 4.90 Å². The van der Waals surface area contributed by atoms with Crippen molar-refractivity contribution in [3.05, 3.63) is 47.2 Å². The zero-order chi connectivity index (χ0) is 12.4. The Morgan fingerprint density at radius 3 is 2.47 bits per heavy atom. The van der Waals surface area contributed by atoms with Gasteiger partial charge in [0.15, 0.2) is 0 Å². The highest BCUT2D eigenvalue weighted by atomic mass is 16.1. The molecule has 0 radical (unpaired) electrons. The Bertz CT molecular complexity index is 442. The number of carbonyl (C=O) groups is 1. The number of Topliss-reactive ketones (excluding diaryl/α,β-unsaturated/α-hetero) is 1. The van der Waals surface area contributed by atoms with E-state index >= 15 is 0 Å². The van der Waals surface area contributed by atoms with Gasteiger partial charge in [0.25, 0.3) is 0 Å². The van der Waals surface area contributed by atoms with Gasteiger partial charge in [0.05, 0.1) is 5.70 Å². The van der Waals surface area contributed by atoms with Crippen LogP contribution in [0.3, 0.4) is 0 Å². The quantitative estimate of drug-likeness (QED) is 0.742. The maximum Gasteiger partial charge on any atom is 0.208 e. The Hall–Kier alpha value is -1.57. The first-order valence-corrected chi connectivity index (χ1v) is 6.18. The van der Waals surface area contributed by atoms with Crippen molar-refractivity contribution < 1.29 is 4.79 Å². The Kier molecular flexibility index (Phi) is 3.32. The van der Waals surface area contributed by atoms with Crippen molar-refractivity contribution in [3.63, 3.8) is 0 Å². The van der Waals surface area contributed by atoms with Crippen LogP contribution in [0, 0.1) is 6.92 Å². The van der Waals surface area contributed by atoms with E-state index in [1.54, 1.807) is 0 Å². The molecule has 17 heavy (non-hydrogen) atoms. The second-order valence-corrected chi connectivity index (χ2v) is 4.86. The zero-order valence-electron chi connectivity index (χ0n) is 10.7. The van der Waals surface area contributed by atoms with Crippen molar-refractivity contribution in [1.29, 1.82) is 0 Å². The summed E-state index contributed by atoms with van der Waals surface area (Å²) in [5, 5.41) is 0. The molecule has 0 aromatic heterocycles. The number of hydrogen-bond donors (Lipinski definition) is 0. The van der Waals surface area contributed by atoms with Crippen LogP contribution < -0.4 is 0 Å². The van der Waals surface area contributed by atoms with Gasteiger partial charge in [0, 0.05) is 18.2 Å². The van der Waals surface area contributed by atoms with Gasteiger partial charge in [-0.25, -0.2) is 0 Å².